The third-order valence-electron chi connectivity index (χ3n) is 2.73. The van der Waals surface area contributed by atoms with Crippen LogP contribution in [0.2, 0.25) is 5.02 Å². The van der Waals surface area contributed by atoms with E-state index in [-0.39, 0.29) is 22.2 Å². The molecule has 0 radical (unpaired) electrons. The smallest absolute Gasteiger partial charge is 0.233 e. The van der Waals surface area contributed by atoms with Crippen molar-refractivity contribution in [3.05, 3.63) is 46.7 Å². The van der Waals surface area contributed by atoms with E-state index in [1.54, 1.807) is 0 Å². The molecule has 1 heterocycles. The van der Waals surface area contributed by atoms with Crippen LogP contribution in [0.4, 0.5) is 18.9 Å². The molecule has 3 rings (SSSR count). The highest BCUT2D eigenvalue weighted by Gasteiger charge is 2.19. The second kappa shape index (κ2) is 4.42. The number of oxazole rings is 1. The van der Waals surface area contributed by atoms with Gasteiger partial charge in [0.1, 0.15) is 28.5 Å². The van der Waals surface area contributed by atoms with Gasteiger partial charge in [-0.2, -0.15) is 0 Å². The highest BCUT2D eigenvalue weighted by molar-refractivity contribution is 6.33. The maximum atomic E-state index is 13.7. The summed E-state index contributed by atoms with van der Waals surface area (Å²) in [6, 6.07) is 3.91. The Kier molecular flexibility index (Phi) is 2.83. The highest BCUT2D eigenvalue weighted by Crippen LogP contribution is 2.32. The molecule has 0 spiro atoms. The Labute approximate surface area is 115 Å². The largest absolute Gasteiger partial charge is 0.436 e. The van der Waals surface area contributed by atoms with Gasteiger partial charge in [-0.25, -0.2) is 18.2 Å². The van der Waals surface area contributed by atoms with Crippen molar-refractivity contribution in [2.24, 2.45) is 0 Å². The summed E-state index contributed by atoms with van der Waals surface area (Å²) in [5.41, 5.74) is 5.82. The van der Waals surface area contributed by atoms with Crippen LogP contribution in [0, 0.1) is 17.5 Å². The highest BCUT2D eigenvalue weighted by atomic mass is 35.5. The average Bonchev–Trinajstić information content (AvgIpc) is 2.70. The van der Waals surface area contributed by atoms with E-state index in [0.29, 0.717) is 17.6 Å². The number of fused-ring (bicyclic) bond motifs is 1. The molecule has 0 unspecified atom stereocenters. The van der Waals surface area contributed by atoms with Gasteiger partial charge in [0.25, 0.3) is 0 Å². The summed E-state index contributed by atoms with van der Waals surface area (Å²) in [5, 5.41) is 0.248. The van der Waals surface area contributed by atoms with Gasteiger partial charge in [0, 0.05) is 18.2 Å². The van der Waals surface area contributed by atoms with Gasteiger partial charge < -0.3 is 10.2 Å². The minimum absolute atomic E-state index is 0.227. The van der Waals surface area contributed by atoms with Gasteiger partial charge in [-0.15, -0.1) is 0 Å². The van der Waals surface area contributed by atoms with Crippen LogP contribution in [-0.4, -0.2) is 4.98 Å². The Hall–Kier alpha value is -2.21. The van der Waals surface area contributed by atoms with Crippen LogP contribution >= 0.6 is 11.6 Å². The van der Waals surface area contributed by atoms with E-state index in [0.717, 1.165) is 0 Å². The molecule has 0 aliphatic rings. The summed E-state index contributed by atoms with van der Waals surface area (Å²) in [6.45, 7) is 0. The van der Waals surface area contributed by atoms with Gasteiger partial charge in [0.05, 0.1) is 10.7 Å². The number of nitrogens with two attached hydrogens (primary N) is 1. The molecule has 102 valence electrons. The van der Waals surface area contributed by atoms with Crippen LogP contribution in [0.5, 0.6) is 0 Å². The summed E-state index contributed by atoms with van der Waals surface area (Å²) in [5.74, 6) is -3.54. The van der Waals surface area contributed by atoms with Gasteiger partial charge in [0.2, 0.25) is 5.89 Å². The first-order valence-electron chi connectivity index (χ1n) is 5.46. The number of hydrogen-bond acceptors (Lipinski definition) is 3. The fourth-order valence-electron chi connectivity index (χ4n) is 1.82. The first-order chi connectivity index (χ1) is 9.45. The number of benzene rings is 2. The lowest BCUT2D eigenvalue weighted by molar-refractivity contribution is 0.534. The van der Waals surface area contributed by atoms with Crippen molar-refractivity contribution in [2.75, 3.05) is 5.73 Å². The predicted molar refractivity (Wildman–Crippen MR) is 68.7 cm³/mol. The molecule has 3 nitrogen and oxygen atoms in total. The molecule has 20 heavy (non-hydrogen) atoms. The average molecular weight is 299 g/mol. The van der Waals surface area contributed by atoms with E-state index >= 15 is 0 Å². The molecule has 0 saturated carbocycles. The van der Waals surface area contributed by atoms with Crippen LogP contribution in [0.25, 0.3) is 22.6 Å². The van der Waals surface area contributed by atoms with E-state index in [9.17, 15) is 13.2 Å². The molecule has 0 bridgehead atoms. The maximum Gasteiger partial charge on any atom is 0.233 e. The summed E-state index contributed by atoms with van der Waals surface area (Å²) in [6.07, 6.45) is 0. The quantitative estimate of drug-likeness (QED) is 0.687. The van der Waals surface area contributed by atoms with E-state index in [1.807, 2.05) is 0 Å². The van der Waals surface area contributed by atoms with E-state index in [2.05, 4.69) is 4.98 Å². The fraction of sp³-hybridized carbons (Fsp3) is 0. The van der Waals surface area contributed by atoms with Crippen molar-refractivity contribution in [2.45, 2.75) is 0 Å². The lowest BCUT2D eigenvalue weighted by Crippen LogP contribution is -1.92. The number of halogens is 4. The summed E-state index contributed by atoms with van der Waals surface area (Å²) in [4.78, 5) is 3.93. The lowest BCUT2D eigenvalue weighted by atomic mass is 10.2. The molecule has 2 aromatic carbocycles. The van der Waals surface area contributed by atoms with Gasteiger partial charge >= 0.3 is 0 Å². The van der Waals surface area contributed by atoms with Crippen LogP contribution in [0.15, 0.2) is 28.7 Å². The molecule has 3 aromatic rings. The van der Waals surface area contributed by atoms with Crippen LogP contribution in [0.3, 0.4) is 0 Å². The van der Waals surface area contributed by atoms with Crippen molar-refractivity contribution in [3.63, 3.8) is 0 Å². The first-order valence-corrected chi connectivity index (χ1v) is 5.84. The van der Waals surface area contributed by atoms with E-state index in [4.69, 9.17) is 21.8 Å². The summed E-state index contributed by atoms with van der Waals surface area (Å²) >= 11 is 5.82. The normalized spacial score (nSPS) is 11.2. The van der Waals surface area contributed by atoms with Gasteiger partial charge in [-0.3, -0.25) is 0 Å². The molecular formula is C13H6ClF3N2O. The van der Waals surface area contributed by atoms with Crippen molar-refractivity contribution >= 4 is 28.4 Å². The predicted octanol–water partition coefficient (Wildman–Crippen LogP) is 4.15. The Morgan fingerprint density at radius 1 is 1.05 bits per heavy atom. The van der Waals surface area contributed by atoms with Crippen LogP contribution in [-0.2, 0) is 0 Å². The topological polar surface area (TPSA) is 52.0 Å². The number of hydrogen-bond donors (Lipinski definition) is 1. The van der Waals surface area contributed by atoms with Crippen molar-refractivity contribution in [1.29, 1.82) is 0 Å². The summed E-state index contributed by atoms with van der Waals surface area (Å²) < 4.78 is 45.4. The van der Waals surface area contributed by atoms with Crippen LogP contribution in [0.1, 0.15) is 0 Å². The second-order valence-corrected chi connectivity index (χ2v) is 4.51. The van der Waals surface area contributed by atoms with Crippen molar-refractivity contribution < 1.29 is 17.6 Å². The third kappa shape index (κ3) is 1.98. The Morgan fingerprint density at radius 3 is 2.35 bits per heavy atom. The van der Waals surface area contributed by atoms with Gasteiger partial charge in [-0.05, 0) is 6.07 Å². The van der Waals surface area contributed by atoms with Crippen molar-refractivity contribution in [3.8, 4) is 11.5 Å². The zero-order chi connectivity index (χ0) is 14.4. The van der Waals surface area contributed by atoms with Gasteiger partial charge in [-0.1, -0.05) is 11.6 Å². The zero-order valence-electron chi connectivity index (χ0n) is 9.75. The fourth-order valence-corrected chi connectivity index (χ4v) is 1.98. The molecule has 0 aliphatic carbocycles. The SMILES string of the molecule is Nc1cc2oc(-c3c(F)cc(F)cc3F)nc2cc1Cl. The summed E-state index contributed by atoms with van der Waals surface area (Å²) in [7, 11) is 0. The minimum atomic E-state index is -1.10. The molecular weight excluding hydrogens is 293 g/mol. The number of nitrogens with zero attached hydrogens (tertiary/aromatic N) is 1. The molecule has 0 amide bonds. The van der Waals surface area contributed by atoms with Crippen LogP contribution < -0.4 is 5.73 Å². The second-order valence-electron chi connectivity index (χ2n) is 4.10. The number of anilines is 1. The van der Waals surface area contributed by atoms with E-state index in [1.165, 1.54) is 12.1 Å². The third-order valence-corrected chi connectivity index (χ3v) is 3.05. The molecule has 0 atom stereocenters. The molecule has 7 heteroatoms. The Morgan fingerprint density at radius 2 is 1.70 bits per heavy atom. The number of nitrogen functional groups attached to an aromatic ring is 1. The minimum Gasteiger partial charge on any atom is -0.436 e. The first kappa shape index (κ1) is 12.8. The van der Waals surface area contributed by atoms with E-state index < -0.39 is 23.0 Å². The maximum absolute atomic E-state index is 13.7. The molecule has 0 saturated heterocycles. The molecule has 2 N–H and O–H groups in total. The molecule has 0 aliphatic heterocycles. The number of rotatable bonds is 1. The molecule has 1 aromatic heterocycles. The Balaban J connectivity index is 2.25. The standard InChI is InChI=1S/C13H6ClF3N2O/c14-6-3-10-11(4-9(6)18)20-13(19-10)12-7(16)1-5(15)2-8(12)17/h1-4H,18H2. The van der Waals surface area contributed by atoms with Crippen molar-refractivity contribution in [1.82, 2.24) is 4.98 Å². The lowest BCUT2D eigenvalue weighted by Gasteiger charge is -2.00. The van der Waals surface area contributed by atoms with Gasteiger partial charge in [0.15, 0.2) is 5.58 Å². The number of aromatic nitrogens is 1. The zero-order valence-corrected chi connectivity index (χ0v) is 10.5. The molecule has 0 fully saturated rings. The Bertz CT molecular complexity index is 770. The monoisotopic (exact) mass is 298 g/mol.